The Bertz CT molecular complexity index is 439. The van der Waals surface area contributed by atoms with Crippen LogP contribution in [0.15, 0.2) is 24.3 Å². The number of carbonyl (C=O) groups excluding carboxylic acids is 2. The van der Waals surface area contributed by atoms with Gasteiger partial charge >= 0.3 is 0 Å². The second-order valence-corrected chi connectivity index (χ2v) is 5.47. The molecule has 1 amide bonds. The minimum absolute atomic E-state index is 0.0702. The quantitative estimate of drug-likeness (QED) is 0.845. The Kier molecular flexibility index (Phi) is 4.72. The van der Waals surface area contributed by atoms with Crippen LogP contribution in [-0.2, 0) is 4.79 Å². The van der Waals surface area contributed by atoms with Crippen LogP contribution >= 0.6 is 0 Å². The molecule has 1 saturated carbocycles. The maximum Gasteiger partial charge on any atom is 0.251 e. The van der Waals surface area contributed by atoms with Crippen molar-refractivity contribution in [1.29, 1.82) is 0 Å². The van der Waals surface area contributed by atoms with Crippen LogP contribution in [0.5, 0.6) is 0 Å². The van der Waals surface area contributed by atoms with E-state index in [1.807, 2.05) is 12.1 Å². The third-order valence-corrected chi connectivity index (χ3v) is 3.93. The van der Waals surface area contributed by atoms with E-state index in [0.717, 1.165) is 5.92 Å². The van der Waals surface area contributed by atoms with Gasteiger partial charge in [-0.05, 0) is 42.4 Å². The first-order valence-corrected chi connectivity index (χ1v) is 7.02. The van der Waals surface area contributed by atoms with Crippen LogP contribution in [0.4, 0.5) is 0 Å². The molecule has 1 aromatic rings. The van der Waals surface area contributed by atoms with Crippen LogP contribution in [0, 0.1) is 5.92 Å². The molecular weight excluding hydrogens is 238 g/mol. The molecule has 1 aliphatic rings. The van der Waals surface area contributed by atoms with Gasteiger partial charge in [-0.1, -0.05) is 31.9 Å². The first-order chi connectivity index (χ1) is 9.20. The SMILES string of the molecule is CC1CCC[C@H](c2ccc(C(=O)NCC=O)cc2)C1. The highest BCUT2D eigenvalue weighted by Crippen LogP contribution is 2.35. The fraction of sp³-hybridized carbons (Fsp3) is 0.500. The molecule has 1 fully saturated rings. The number of carbonyl (C=O) groups is 2. The second-order valence-electron chi connectivity index (χ2n) is 5.47. The largest absolute Gasteiger partial charge is 0.345 e. The van der Waals surface area contributed by atoms with Gasteiger partial charge in [-0.2, -0.15) is 0 Å². The Morgan fingerprint density at radius 2 is 2.05 bits per heavy atom. The van der Waals surface area contributed by atoms with Crippen LogP contribution in [0.1, 0.15) is 54.4 Å². The van der Waals surface area contributed by atoms with Crippen molar-refractivity contribution in [3.8, 4) is 0 Å². The molecule has 3 nitrogen and oxygen atoms in total. The predicted molar refractivity (Wildman–Crippen MR) is 75.2 cm³/mol. The molecular formula is C16H21NO2. The Labute approximate surface area is 114 Å². The smallest absolute Gasteiger partial charge is 0.251 e. The molecule has 0 aromatic heterocycles. The van der Waals surface area contributed by atoms with E-state index in [2.05, 4.69) is 24.4 Å². The maximum atomic E-state index is 11.7. The Morgan fingerprint density at radius 3 is 2.68 bits per heavy atom. The van der Waals surface area contributed by atoms with Gasteiger partial charge < -0.3 is 10.1 Å². The first-order valence-electron chi connectivity index (χ1n) is 7.02. The van der Waals surface area contributed by atoms with Crippen molar-refractivity contribution in [2.45, 2.75) is 38.5 Å². The molecule has 1 aromatic carbocycles. The number of hydrogen-bond donors (Lipinski definition) is 1. The molecule has 3 heteroatoms. The van der Waals surface area contributed by atoms with Crippen LogP contribution in [0.3, 0.4) is 0 Å². The molecule has 102 valence electrons. The Hall–Kier alpha value is -1.64. The third-order valence-electron chi connectivity index (χ3n) is 3.93. The third kappa shape index (κ3) is 3.66. The summed E-state index contributed by atoms with van der Waals surface area (Å²) >= 11 is 0. The molecule has 2 atom stereocenters. The summed E-state index contributed by atoms with van der Waals surface area (Å²) < 4.78 is 0. The first kappa shape index (κ1) is 13.8. The van der Waals surface area contributed by atoms with Crippen molar-refractivity contribution in [2.75, 3.05) is 6.54 Å². The van der Waals surface area contributed by atoms with Gasteiger partial charge in [0.15, 0.2) is 0 Å². The standard InChI is InChI=1S/C16H21NO2/c1-12-3-2-4-15(11-12)13-5-7-14(8-6-13)16(19)17-9-10-18/h5-8,10,12,15H,2-4,9,11H2,1H3,(H,17,19)/t12?,15-/m0/s1. The van der Waals surface area contributed by atoms with Gasteiger partial charge in [0, 0.05) is 5.56 Å². The van der Waals surface area contributed by atoms with Gasteiger partial charge in [0.25, 0.3) is 5.91 Å². The van der Waals surface area contributed by atoms with E-state index in [0.29, 0.717) is 17.8 Å². The fourth-order valence-electron chi connectivity index (χ4n) is 2.88. The van der Waals surface area contributed by atoms with Crippen LogP contribution in [-0.4, -0.2) is 18.7 Å². The summed E-state index contributed by atoms with van der Waals surface area (Å²) in [6.45, 7) is 2.38. The molecule has 1 aliphatic carbocycles. The average Bonchev–Trinajstić information content (AvgIpc) is 2.45. The number of aldehydes is 1. The minimum Gasteiger partial charge on any atom is -0.345 e. The van der Waals surface area contributed by atoms with E-state index in [1.54, 1.807) is 0 Å². The Balaban J connectivity index is 2.01. The van der Waals surface area contributed by atoms with Crippen LogP contribution < -0.4 is 5.32 Å². The molecule has 0 heterocycles. The zero-order valence-electron chi connectivity index (χ0n) is 11.4. The van der Waals surface area contributed by atoms with Gasteiger partial charge in [-0.25, -0.2) is 0 Å². The normalized spacial score (nSPS) is 22.8. The maximum absolute atomic E-state index is 11.7. The highest BCUT2D eigenvalue weighted by molar-refractivity contribution is 5.95. The van der Waals surface area contributed by atoms with Crippen LogP contribution in [0.25, 0.3) is 0 Å². The molecule has 2 rings (SSSR count). The Morgan fingerprint density at radius 1 is 1.32 bits per heavy atom. The van der Waals surface area contributed by atoms with E-state index in [9.17, 15) is 9.59 Å². The summed E-state index contributed by atoms with van der Waals surface area (Å²) in [5.74, 6) is 1.25. The molecule has 1 N–H and O–H groups in total. The lowest BCUT2D eigenvalue weighted by Gasteiger charge is -2.27. The summed E-state index contributed by atoms with van der Waals surface area (Å²) in [4.78, 5) is 21.9. The van der Waals surface area contributed by atoms with E-state index in [4.69, 9.17) is 0 Å². The lowest BCUT2D eigenvalue weighted by molar-refractivity contribution is -0.107. The van der Waals surface area contributed by atoms with Gasteiger partial charge in [0.2, 0.25) is 0 Å². The van der Waals surface area contributed by atoms with Gasteiger partial charge in [-0.15, -0.1) is 0 Å². The molecule has 0 bridgehead atoms. The fourth-order valence-corrected chi connectivity index (χ4v) is 2.88. The van der Waals surface area contributed by atoms with Gasteiger partial charge in [-0.3, -0.25) is 4.79 Å². The zero-order valence-corrected chi connectivity index (χ0v) is 11.4. The number of benzene rings is 1. The van der Waals surface area contributed by atoms with E-state index < -0.39 is 0 Å². The van der Waals surface area contributed by atoms with Crippen LogP contribution in [0.2, 0.25) is 0 Å². The lowest BCUT2D eigenvalue weighted by Crippen LogP contribution is -2.25. The van der Waals surface area contributed by atoms with E-state index in [-0.39, 0.29) is 12.5 Å². The molecule has 0 saturated heterocycles. The monoisotopic (exact) mass is 259 g/mol. The molecule has 1 unspecified atom stereocenters. The molecule has 19 heavy (non-hydrogen) atoms. The zero-order chi connectivity index (χ0) is 13.7. The second kappa shape index (κ2) is 6.50. The number of nitrogens with one attached hydrogen (secondary N) is 1. The average molecular weight is 259 g/mol. The van der Waals surface area contributed by atoms with E-state index >= 15 is 0 Å². The topological polar surface area (TPSA) is 46.2 Å². The summed E-state index contributed by atoms with van der Waals surface area (Å²) in [5.41, 5.74) is 1.95. The summed E-state index contributed by atoms with van der Waals surface area (Å²) in [7, 11) is 0. The summed E-state index contributed by atoms with van der Waals surface area (Å²) in [5, 5.41) is 2.55. The van der Waals surface area contributed by atoms with Crippen molar-refractivity contribution in [1.82, 2.24) is 5.32 Å². The molecule has 0 spiro atoms. The lowest BCUT2D eigenvalue weighted by atomic mass is 9.79. The predicted octanol–water partition coefficient (Wildman–Crippen LogP) is 2.91. The van der Waals surface area contributed by atoms with E-state index in [1.165, 1.54) is 31.2 Å². The van der Waals surface area contributed by atoms with Crippen molar-refractivity contribution < 1.29 is 9.59 Å². The van der Waals surface area contributed by atoms with Crippen molar-refractivity contribution in [2.24, 2.45) is 5.92 Å². The van der Waals surface area contributed by atoms with Gasteiger partial charge in [0.1, 0.15) is 6.29 Å². The molecule has 0 aliphatic heterocycles. The highest BCUT2D eigenvalue weighted by atomic mass is 16.2. The van der Waals surface area contributed by atoms with Crippen molar-refractivity contribution in [3.63, 3.8) is 0 Å². The summed E-state index contributed by atoms with van der Waals surface area (Å²) in [6, 6.07) is 7.82. The molecule has 0 radical (unpaired) electrons. The number of rotatable bonds is 4. The summed E-state index contributed by atoms with van der Waals surface area (Å²) in [6.07, 6.45) is 5.82. The van der Waals surface area contributed by atoms with Gasteiger partial charge in [0.05, 0.1) is 6.54 Å². The number of amides is 1. The van der Waals surface area contributed by atoms with Crippen molar-refractivity contribution >= 4 is 12.2 Å². The minimum atomic E-state index is -0.185. The number of hydrogen-bond acceptors (Lipinski definition) is 2. The highest BCUT2D eigenvalue weighted by Gasteiger charge is 2.20. The van der Waals surface area contributed by atoms with Crippen molar-refractivity contribution in [3.05, 3.63) is 35.4 Å².